The number of carbonyl (C=O) groups is 1. The minimum absolute atomic E-state index is 0.0872. The smallest absolute Gasteiger partial charge is 0.276 e. The molecule has 0 saturated carbocycles. The lowest BCUT2D eigenvalue weighted by Gasteiger charge is -2.39. The largest absolute Gasteiger partial charge is 0.454 e. The summed E-state index contributed by atoms with van der Waals surface area (Å²) in [7, 11) is 0. The molecule has 6 heteroatoms. The number of likely N-dealkylation sites (tertiary alicyclic amines) is 1. The molecule has 0 radical (unpaired) electrons. The Labute approximate surface area is 169 Å². The van der Waals surface area contributed by atoms with Gasteiger partial charge in [-0.3, -0.25) is 4.79 Å². The zero-order chi connectivity index (χ0) is 19.8. The van der Waals surface area contributed by atoms with Crippen LogP contribution >= 0.6 is 0 Å². The van der Waals surface area contributed by atoms with E-state index < -0.39 is 0 Å². The van der Waals surface area contributed by atoms with Crippen LogP contribution in [-0.4, -0.2) is 35.8 Å². The number of hydrogen-bond donors (Lipinski definition) is 0. The molecule has 5 rings (SSSR count). The predicted molar refractivity (Wildman–Crippen MR) is 107 cm³/mol. The molecule has 1 fully saturated rings. The van der Waals surface area contributed by atoms with Crippen molar-refractivity contribution in [2.24, 2.45) is 0 Å². The van der Waals surface area contributed by atoms with Gasteiger partial charge >= 0.3 is 0 Å². The van der Waals surface area contributed by atoms with Gasteiger partial charge in [-0.2, -0.15) is 0 Å². The molecule has 3 heterocycles. The summed E-state index contributed by atoms with van der Waals surface area (Å²) in [5.74, 6) is 1.83. The van der Waals surface area contributed by atoms with E-state index in [1.54, 1.807) is 6.07 Å². The number of fused-ring (bicyclic) bond motifs is 1. The minimum Gasteiger partial charge on any atom is -0.454 e. The van der Waals surface area contributed by atoms with E-state index in [2.05, 4.69) is 36.3 Å². The summed E-state index contributed by atoms with van der Waals surface area (Å²) in [6.45, 7) is 3.90. The molecule has 2 aliphatic rings. The fourth-order valence-corrected chi connectivity index (χ4v) is 4.06. The third-order valence-electron chi connectivity index (χ3n) is 6.01. The number of ether oxygens (including phenoxy) is 2. The summed E-state index contributed by atoms with van der Waals surface area (Å²) in [5, 5.41) is 4.02. The van der Waals surface area contributed by atoms with Gasteiger partial charge in [-0.25, -0.2) is 0 Å². The highest BCUT2D eigenvalue weighted by molar-refractivity contribution is 5.93. The summed E-state index contributed by atoms with van der Waals surface area (Å²) < 4.78 is 16.2. The van der Waals surface area contributed by atoms with E-state index in [0.717, 1.165) is 18.4 Å². The van der Waals surface area contributed by atoms with E-state index in [1.807, 2.05) is 29.2 Å². The Hall–Kier alpha value is -3.28. The molecule has 0 aliphatic carbocycles. The van der Waals surface area contributed by atoms with Gasteiger partial charge in [0.25, 0.3) is 5.91 Å². The highest BCUT2D eigenvalue weighted by Crippen LogP contribution is 2.37. The fraction of sp³-hybridized carbons (Fsp3) is 0.304. The van der Waals surface area contributed by atoms with Crippen molar-refractivity contribution in [3.05, 3.63) is 65.9 Å². The first kappa shape index (κ1) is 17.8. The van der Waals surface area contributed by atoms with Crippen LogP contribution in [0.25, 0.3) is 11.3 Å². The van der Waals surface area contributed by atoms with Crippen LogP contribution < -0.4 is 9.47 Å². The average Bonchev–Trinajstić information content (AvgIpc) is 3.43. The maximum absolute atomic E-state index is 12.9. The van der Waals surface area contributed by atoms with Gasteiger partial charge in [0.2, 0.25) is 6.79 Å². The summed E-state index contributed by atoms with van der Waals surface area (Å²) in [4.78, 5) is 14.8. The molecule has 0 unspecified atom stereocenters. The number of amides is 1. The van der Waals surface area contributed by atoms with Crippen molar-refractivity contribution >= 4 is 5.91 Å². The number of carbonyl (C=O) groups excluding carboxylic acids is 1. The van der Waals surface area contributed by atoms with Crippen molar-refractivity contribution in [3.63, 3.8) is 0 Å². The van der Waals surface area contributed by atoms with Crippen LogP contribution in [0.3, 0.4) is 0 Å². The zero-order valence-electron chi connectivity index (χ0n) is 16.3. The Balaban J connectivity index is 1.29. The summed E-state index contributed by atoms with van der Waals surface area (Å²) in [6, 6.07) is 17.8. The molecule has 0 N–H and O–H groups in total. The van der Waals surface area contributed by atoms with Crippen LogP contribution in [0.5, 0.6) is 11.5 Å². The van der Waals surface area contributed by atoms with Crippen LogP contribution in [-0.2, 0) is 5.41 Å². The fourth-order valence-electron chi connectivity index (χ4n) is 4.06. The van der Waals surface area contributed by atoms with E-state index in [4.69, 9.17) is 14.0 Å². The second-order valence-corrected chi connectivity index (χ2v) is 7.86. The molecule has 1 saturated heterocycles. The molecule has 29 heavy (non-hydrogen) atoms. The third-order valence-corrected chi connectivity index (χ3v) is 6.01. The second-order valence-electron chi connectivity index (χ2n) is 7.86. The quantitative estimate of drug-likeness (QED) is 0.668. The summed E-state index contributed by atoms with van der Waals surface area (Å²) in [6.07, 6.45) is 1.85. The van der Waals surface area contributed by atoms with E-state index >= 15 is 0 Å². The Kier molecular flexibility index (Phi) is 4.27. The molecule has 6 nitrogen and oxygen atoms in total. The van der Waals surface area contributed by atoms with Gasteiger partial charge in [0.1, 0.15) is 0 Å². The number of hydrogen-bond acceptors (Lipinski definition) is 5. The van der Waals surface area contributed by atoms with E-state index in [1.165, 1.54) is 5.56 Å². The van der Waals surface area contributed by atoms with Crippen LogP contribution in [0, 0.1) is 0 Å². The van der Waals surface area contributed by atoms with Gasteiger partial charge in [-0.05, 0) is 42.0 Å². The van der Waals surface area contributed by atoms with Gasteiger partial charge in [0.05, 0.1) is 0 Å². The van der Waals surface area contributed by atoms with Crippen molar-refractivity contribution in [1.29, 1.82) is 0 Å². The molecule has 148 valence electrons. The SMILES string of the molecule is CC1(c2ccccc2)CCN(C(=O)c2cc(-c3ccc4c(c3)OCO4)on2)CC1. The number of benzene rings is 2. The van der Waals surface area contributed by atoms with E-state index in [0.29, 0.717) is 36.0 Å². The molecule has 2 aromatic carbocycles. The maximum atomic E-state index is 12.9. The Morgan fingerprint density at radius 1 is 1.00 bits per heavy atom. The van der Waals surface area contributed by atoms with Gasteiger partial charge in [0.15, 0.2) is 23.0 Å². The zero-order valence-corrected chi connectivity index (χ0v) is 16.3. The molecular weight excluding hydrogens is 368 g/mol. The van der Waals surface area contributed by atoms with Crippen LogP contribution in [0.2, 0.25) is 0 Å². The molecule has 3 aromatic rings. The number of piperidine rings is 1. The minimum atomic E-state index is -0.0872. The lowest BCUT2D eigenvalue weighted by Crippen LogP contribution is -2.44. The highest BCUT2D eigenvalue weighted by atomic mass is 16.7. The van der Waals surface area contributed by atoms with Crippen molar-refractivity contribution in [2.45, 2.75) is 25.2 Å². The Bertz CT molecular complexity index is 1040. The van der Waals surface area contributed by atoms with Crippen molar-refractivity contribution in [3.8, 4) is 22.8 Å². The monoisotopic (exact) mass is 390 g/mol. The first-order valence-corrected chi connectivity index (χ1v) is 9.84. The summed E-state index contributed by atoms with van der Waals surface area (Å²) >= 11 is 0. The highest BCUT2D eigenvalue weighted by Gasteiger charge is 2.34. The lowest BCUT2D eigenvalue weighted by atomic mass is 9.74. The standard InChI is InChI=1S/C23H22N2O4/c1-23(17-5-3-2-4-6-17)9-11-25(12-10-23)22(26)18-14-20(29-24-18)16-7-8-19-21(13-16)28-15-27-19/h2-8,13-14H,9-12,15H2,1H3. The van der Waals surface area contributed by atoms with Crippen molar-refractivity contribution in [1.82, 2.24) is 10.1 Å². The van der Waals surface area contributed by atoms with Crippen LogP contribution in [0.15, 0.2) is 59.1 Å². The number of nitrogens with zero attached hydrogens (tertiary/aromatic N) is 2. The van der Waals surface area contributed by atoms with E-state index in [9.17, 15) is 4.79 Å². The molecule has 0 spiro atoms. The predicted octanol–water partition coefficient (Wildman–Crippen LogP) is 4.26. The van der Waals surface area contributed by atoms with Crippen LogP contribution in [0.1, 0.15) is 35.8 Å². The Morgan fingerprint density at radius 2 is 1.76 bits per heavy atom. The third kappa shape index (κ3) is 3.24. The van der Waals surface area contributed by atoms with Gasteiger partial charge < -0.3 is 18.9 Å². The van der Waals surface area contributed by atoms with Gasteiger partial charge in [0, 0.05) is 24.7 Å². The molecule has 0 bridgehead atoms. The summed E-state index contributed by atoms with van der Waals surface area (Å²) in [5.41, 5.74) is 2.56. The van der Waals surface area contributed by atoms with E-state index in [-0.39, 0.29) is 18.1 Å². The second kappa shape index (κ2) is 6.95. The molecule has 1 amide bonds. The Morgan fingerprint density at radius 3 is 2.55 bits per heavy atom. The molecule has 1 aromatic heterocycles. The first-order valence-electron chi connectivity index (χ1n) is 9.84. The number of rotatable bonds is 3. The normalized spacial score (nSPS) is 17.3. The van der Waals surface area contributed by atoms with Crippen molar-refractivity contribution in [2.75, 3.05) is 19.9 Å². The van der Waals surface area contributed by atoms with Crippen molar-refractivity contribution < 1.29 is 18.8 Å². The molecular formula is C23H22N2O4. The molecule has 0 atom stereocenters. The van der Waals surface area contributed by atoms with Gasteiger partial charge in [-0.15, -0.1) is 0 Å². The average molecular weight is 390 g/mol. The first-order chi connectivity index (χ1) is 14.1. The number of aromatic nitrogens is 1. The van der Waals surface area contributed by atoms with Crippen LogP contribution in [0.4, 0.5) is 0 Å². The maximum Gasteiger partial charge on any atom is 0.276 e. The van der Waals surface area contributed by atoms with Gasteiger partial charge in [-0.1, -0.05) is 42.4 Å². The topological polar surface area (TPSA) is 64.8 Å². The lowest BCUT2D eigenvalue weighted by molar-refractivity contribution is 0.0665. The molecule has 2 aliphatic heterocycles.